The maximum atomic E-state index is 6.34. The van der Waals surface area contributed by atoms with Crippen molar-refractivity contribution in [3.8, 4) is 0 Å². The molecular weight excluding hydrogens is 206 g/mol. The van der Waals surface area contributed by atoms with Gasteiger partial charge in [0.05, 0.1) is 0 Å². The molecule has 17 heavy (non-hydrogen) atoms. The lowest BCUT2D eigenvalue weighted by molar-refractivity contribution is -0.0602. The summed E-state index contributed by atoms with van der Waals surface area (Å²) in [6.45, 7) is 6.12. The summed E-state index contributed by atoms with van der Waals surface area (Å²) >= 11 is 0. The van der Waals surface area contributed by atoms with Crippen molar-refractivity contribution < 1.29 is 0 Å². The largest absolute Gasteiger partial charge is 0.327 e. The predicted octanol–water partition coefficient (Wildman–Crippen LogP) is 3.89. The molecule has 1 atom stereocenters. The van der Waals surface area contributed by atoms with Crippen molar-refractivity contribution in [2.24, 2.45) is 28.9 Å². The number of hydrogen-bond donors (Lipinski definition) is 1. The Morgan fingerprint density at radius 2 is 1.65 bits per heavy atom. The van der Waals surface area contributed by atoms with Gasteiger partial charge in [0.15, 0.2) is 0 Å². The van der Waals surface area contributed by atoms with Crippen molar-refractivity contribution >= 4 is 0 Å². The topological polar surface area (TPSA) is 26.0 Å². The van der Waals surface area contributed by atoms with Crippen LogP contribution in [0.4, 0.5) is 0 Å². The van der Waals surface area contributed by atoms with Gasteiger partial charge in [0.25, 0.3) is 0 Å². The van der Waals surface area contributed by atoms with Gasteiger partial charge in [-0.2, -0.15) is 0 Å². The molecule has 4 fully saturated rings. The molecule has 0 aliphatic heterocycles. The summed E-state index contributed by atoms with van der Waals surface area (Å²) in [5, 5.41) is 0. The zero-order valence-electron chi connectivity index (χ0n) is 11.3. The highest BCUT2D eigenvalue weighted by molar-refractivity contribution is 5.03. The van der Waals surface area contributed by atoms with Crippen LogP contribution in [0.25, 0.3) is 0 Å². The molecule has 96 valence electrons. The van der Waals surface area contributed by atoms with E-state index in [4.69, 9.17) is 5.73 Å². The molecule has 0 radical (unpaired) electrons. The van der Waals surface area contributed by atoms with Gasteiger partial charge in [-0.05, 0) is 81.5 Å². The first kappa shape index (κ1) is 11.8. The van der Waals surface area contributed by atoms with Crippen LogP contribution in [0.5, 0.6) is 0 Å². The van der Waals surface area contributed by atoms with Crippen LogP contribution in [0, 0.1) is 23.2 Å². The molecule has 4 aliphatic rings. The van der Waals surface area contributed by atoms with Gasteiger partial charge < -0.3 is 5.73 Å². The Bertz CT molecular complexity index is 282. The number of rotatable bonds is 4. The van der Waals surface area contributed by atoms with Crippen LogP contribution in [0.15, 0.2) is 12.2 Å². The summed E-state index contributed by atoms with van der Waals surface area (Å²) < 4.78 is 0. The second-order valence-electron chi connectivity index (χ2n) is 7.54. The Kier molecular flexibility index (Phi) is 2.85. The maximum Gasteiger partial charge on any atom is 0.00811 e. The fourth-order valence-corrected chi connectivity index (χ4v) is 5.62. The lowest BCUT2D eigenvalue weighted by Gasteiger charge is -2.57. The van der Waals surface area contributed by atoms with Gasteiger partial charge in [-0.1, -0.05) is 5.57 Å². The predicted molar refractivity (Wildman–Crippen MR) is 72.6 cm³/mol. The van der Waals surface area contributed by atoms with E-state index in [1.165, 1.54) is 50.5 Å². The minimum absolute atomic E-state index is 0.365. The molecule has 4 saturated carbocycles. The van der Waals surface area contributed by atoms with E-state index in [1.54, 1.807) is 0 Å². The minimum atomic E-state index is 0.365. The molecule has 0 saturated heterocycles. The molecule has 2 N–H and O–H groups in total. The molecule has 4 aliphatic carbocycles. The first-order valence-corrected chi connectivity index (χ1v) is 7.45. The van der Waals surface area contributed by atoms with E-state index in [2.05, 4.69) is 13.5 Å². The second kappa shape index (κ2) is 4.12. The van der Waals surface area contributed by atoms with Gasteiger partial charge in [-0.3, -0.25) is 0 Å². The van der Waals surface area contributed by atoms with Crippen LogP contribution in [0.3, 0.4) is 0 Å². The lowest BCUT2D eigenvalue weighted by atomic mass is 9.48. The molecule has 0 aromatic carbocycles. The summed E-state index contributed by atoms with van der Waals surface area (Å²) in [6.07, 6.45) is 11.4. The smallest absolute Gasteiger partial charge is 0.00811 e. The quantitative estimate of drug-likeness (QED) is 0.733. The van der Waals surface area contributed by atoms with Crippen molar-refractivity contribution in [2.45, 2.75) is 64.3 Å². The molecular formula is C16H27N. The monoisotopic (exact) mass is 233 g/mol. The maximum absolute atomic E-state index is 6.34. The molecule has 0 aromatic rings. The molecule has 0 aromatic heterocycles. The first-order valence-electron chi connectivity index (χ1n) is 7.45. The Labute approximate surface area is 106 Å². The third kappa shape index (κ3) is 2.31. The Hall–Kier alpha value is -0.300. The summed E-state index contributed by atoms with van der Waals surface area (Å²) in [5.74, 6) is 3.16. The van der Waals surface area contributed by atoms with Crippen molar-refractivity contribution in [3.63, 3.8) is 0 Å². The molecule has 0 spiro atoms. The molecule has 0 heterocycles. The summed E-state index contributed by atoms with van der Waals surface area (Å²) in [7, 11) is 0. The van der Waals surface area contributed by atoms with Crippen molar-refractivity contribution in [3.05, 3.63) is 12.2 Å². The second-order valence-corrected chi connectivity index (χ2v) is 7.54. The number of hydrogen-bond acceptors (Lipinski definition) is 1. The van der Waals surface area contributed by atoms with Gasteiger partial charge in [0, 0.05) is 6.04 Å². The average Bonchev–Trinajstić information content (AvgIpc) is 2.11. The fourth-order valence-electron chi connectivity index (χ4n) is 5.62. The molecule has 1 heteroatoms. The zero-order valence-corrected chi connectivity index (χ0v) is 11.3. The minimum Gasteiger partial charge on any atom is -0.327 e. The molecule has 0 amide bonds. The highest BCUT2D eigenvalue weighted by Gasteiger charge is 2.50. The summed E-state index contributed by atoms with van der Waals surface area (Å²) in [6, 6.07) is 0.365. The van der Waals surface area contributed by atoms with Crippen LogP contribution in [-0.4, -0.2) is 6.04 Å². The van der Waals surface area contributed by atoms with Crippen molar-refractivity contribution in [1.29, 1.82) is 0 Å². The van der Waals surface area contributed by atoms with Crippen molar-refractivity contribution in [2.75, 3.05) is 0 Å². The van der Waals surface area contributed by atoms with Gasteiger partial charge in [-0.25, -0.2) is 0 Å². The van der Waals surface area contributed by atoms with E-state index in [0.29, 0.717) is 11.5 Å². The Balaban J connectivity index is 1.67. The third-order valence-electron chi connectivity index (χ3n) is 5.47. The number of nitrogens with two attached hydrogens (primary N) is 1. The van der Waals surface area contributed by atoms with Crippen LogP contribution < -0.4 is 5.73 Å². The van der Waals surface area contributed by atoms with Gasteiger partial charge in [-0.15, -0.1) is 6.58 Å². The van der Waals surface area contributed by atoms with E-state index in [9.17, 15) is 0 Å². The first-order chi connectivity index (χ1) is 8.05. The van der Waals surface area contributed by atoms with E-state index in [1.807, 2.05) is 0 Å². The van der Waals surface area contributed by atoms with Crippen LogP contribution in [-0.2, 0) is 0 Å². The van der Waals surface area contributed by atoms with E-state index >= 15 is 0 Å². The Morgan fingerprint density at radius 3 is 2.06 bits per heavy atom. The fraction of sp³-hybridized carbons (Fsp3) is 0.875. The van der Waals surface area contributed by atoms with Crippen molar-refractivity contribution in [1.82, 2.24) is 0 Å². The summed E-state index contributed by atoms with van der Waals surface area (Å²) in [4.78, 5) is 0. The third-order valence-corrected chi connectivity index (χ3v) is 5.47. The van der Waals surface area contributed by atoms with E-state index < -0.39 is 0 Å². The van der Waals surface area contributed by atoms with Crippen LogP contribution in [0.1, 0.15) is 58.3 Å². The zero-order chi connectivity index (χ0) is 12.0. The lowest BCUT2D eigenvalue weighted by Crippen LogP contribution is -2.48. The van der Waals surface area contributed by atoms with Crippen LogP contribution in [0.2, 0.25) is 0 Å². The summed E-state index contributed by atoms with van der Waals surface area (Å²) in [5.41, 5.74) is 8.23. The van der Waals surface area contributed by atoms with E-state index in [-0.39, 0.29) is 0 Å². The van der Waals surface area contributed by atoms with Gasteiger partial charge >= 0.3 is 0 Å². The highest BCUT2D eigenvalue weighted by atomic mass is 14.7. The normalized spacial score (nSPS) is 44.9. The molecule has 1 nitrogen and oxygen atoms in total. The van der Waals surface area contributed by atoms with Crippen LogP contribution >= 0.6 is 0 Å². The molecule has 4 bridgehead atoms. The highest BCUT2D eigenvalue weighted by Crippen LogP contribution is 2.61. The SMILES string of the molecule is C=C(C)CC(N)CC12CC3CC(CC(C3)C1)C2. The standard InChI is InChI=1S/C16H27N/c1-11(2)3-15(17)10-16-7-12-4-13(8-16)6-14(5-12)9-16/h12-15H,1,3-10,17H2,2H3. The average molecular weight is 233 g/mol. The molecule has 1 unspecified atom stereocenters. The molecule has 4 rings (SSSR count). The van der Waals surface area contributed by atoms with Gasteiger partial charge in [0.2, 0.25) is 0 Å². The van der Waals surface area contributed by atoms with Gasteiger partial charge in [0.1, 0.15) is 0 Å². The van der Waals surface area contributed by atoms with E-state index in [0.717, 1.165) is 24.2 Å². The Morgan fingerprint density at radius 1 is 1.18 bits per heavy atom.